The summed E-state index contributed by atoms with van der Waals surface area (Å²) in [5.41, 5.74) is 1.58. The minimum atomic E-state index is -0.382. The number of benzene rings is 1. The van der Waals surface area contributed by atoms with E-state index in [-0.39, 0.29) is 17.2 Å². The number of nitrogens with one attached hydrogen (secondary N) is 2. The number of aromatic nitrogens is 5. The predicted octanol–water partition coefficient (Wildman–Crippen LogP) is 1.86. The van der Waals surface area contributed by atoms with Crippen LogP contribution in [0.25, 0.3) is 16.5 Å². The van der Waals surface area contributed by atoms with Crippen LogP contribution in [0, 0.1) is 17.1 Å². The number of hydrogen-bond donors (Lipinski definition) is 2. The fraction of sp³-hybridized carbons (Fsp3) is 0. The molecule has 0 aliphatic carbocycles. The maximum absolute atomic E-state index is 13.0. The number of H-pyrrole nitrogens is 1. The number of tetrazole rings is 1. The van der Waals surface area contributed by atoms with Gasteiger partial charge in [-0.1, -0.05) is 6.07 Å². The molecule has 102 valence electrons. The lowest BCUT2D eigenvalue weighted by molar-refractivity contribution is 0.624. The van der Waals surface area contributed by atoms with Crippen molar-refractivity contribution in [2.24, 2.45) is 0 Å². The Labute approximate surface area is 118 Å². The fourth-order valence-electron chi connectivity index (χ4n) is 1.76. The Morgan fingerprint density at radius 1 is 1.38 bits per heavy atom. The van der Waals surface area contributed by atoms with Gasteiger partial charge in [-0.3, -0.25) is 4.98 Å². The van der Waals surface area contributed by atoms with Crippen LogP contribution < -0.4 is 5.32 Å². The Morgan fingerprint density at radius 2 is 2.29 bits per heavy atom. The number of halogens is 1. The van der Waals surface area contributed by atoms with Crippen LogP contribution in [0.3, 0.4) is 0 Å². The Bertz CT molecular complexity index is 849. The highest BCUT2D eigenvalue weighted by molar-refractivity contribution is 5.83. The molecule has 0 amide bonds. The SMILES string of the molecule is N#CC(=CNc1ccc2cc(F)cnc2c1)c1nn[nH]n1. The zero-order chi connectivity index (χ0) is 14.7. The molecular weight excluding hydrogens is 273 g/mol. The first-order valence-corrected chi connectivity index (χ1v) is 5.92. The summed E-state index contributed by atoms with van der Waals surface area (Å²) in [6, 6.07) is 8.61. The molecule has 3 rings (SSSR count). The summed E-state index contributed by atoms with van der Waals surface area (Å²) in [4.78, 5) is 4.00. The fourth-order valence-corrected chi connectivity index (χ4v) is 1.76. The van der Waals surface area contributed by atoms with Crippen molar-refractivity contribution in [3.05, 3.63) is 48.3 Å². The molecule has 0 radical (unpaired) electrons. The third kappa shape index (κ3) is 2.66. The standard InChI is InChI=1S/C13H8FN7/c14-10-3-8-1-2-11(4-12(8)17-7-10)16-6-9(5-15)13-18-20-21-19-13/h1-4,6-7,16H,(H,18,19,20,21). The molecule has 0 spiro atoms. The molecule has 8 heteroatoms. The number of pyridine rings is 1. The number of hydrogen-bond acceptors (Lipinski definition) is 6. The van der Waals surface area contributed by atoms with Gasteiger partial charge < -0.3 is 5.32 Å². The maximum Gasteiger partial charge on any atom is 0.216 e. The maximum atomic E-state index is 13.0. The van der Waals surface area contributed by atoms with Gasteiger partial charge in [0.05, 0.1) is 11.7 Å². The number of rotatable bonds is 3. The predicted molar refractivity (Wildman–Crippen MR) is 73.1 cm³/mol. The summed E-state index contributed by atoms with van der Waals surface area (Å²) in [5, 5.41) is 25.8. The second-order valence-corrected chi connectivity index (χ2v) is 4.11. The minimum Gasteiger partial charge on any atom is -0.360 e. The smallest absolute Gasteiger partial charge is 0.216 e. The Balaban J connectivity index is 1.88. The largest absolute Gasteiger partial charge is 0.360 e. The highest BCUT2D eigenvalue weighted by Gasteiger charge is 2.05. The van der Waals surface area contributed by atoms with Gasteiger partial charge in [0, 0.05) is 17.3 Å². The summed E-state index contributed by atoms with van der Waals surface area (Å²) in [7, 11) is 0. The third-order valence-electron chi connectivity index (χ3n) is 2.74. The van der Waals surface area contributed by atoms with Gasteiger partial charge in [-0.05, 0) is 23.4 Å². The van der Waals surface area contributed by atoms with Crippen LogP contribution >= 0.6 is 0 Å². The normalized spacial score (nSPS) is 11.3. The van der Waals surface area contributed by atoms with Crippen LogP contribution in [0.5, 0.6) is 0 Å². The molecule has 0 fully saturated rings. The van der Waals surface area contributed by atoms with E-state index in [0.717, 1.165) is 6.20 Å². The van der Waals surface area contributed by atoms with Crippen molar-refractivity contribution >= 4 is 22.2 Å². The van der Waals surface area contributed by atoms with Crippen LogP contribution in [0.4, 0.5) is 10.1 Å². The van der Waals surface area contributed by atoms with Gasteiger partial charge in [0.1, 0.15) is 17.5 Å². The zero-order valence-electron chi connectivity index (χ0n) is 10.6. The lowest BCUT2D eigenvalue weighted by Crippen LogP contribution is -1.93. The van der Waals surface area contributed by atoms with Crippen LogP contribution in [0.1, 0.15) is 5.82 Å². The zero-order valence-corrected chi connectivity index (χ0v) is 10.6. The highest BCUT2D eigenvalue weighted by Crippen LogP contribution is 2.18. The van der Waals surface area contributed by atoms with E-state index in [2.05, 4.69) is 30.9 Å². The molecule has 1 aromatic carbocycles. The van der Waals surface area contributed by atoms with E-state index < -0.39 is 0 Å². The molecule has 0 aliphatic rings. The molecule has 2 aromatic heterocycles. The molecule has 2 heterocycles. The third-order valence-corrected chi connectivity index (χ3v) is 2.74. The molecule has 0 saturated carbocycles. The van der Waals surface area contributed by atoms with Gasteiger partial charge in [0.15, 0.2) is 0 Å². The summed E-state index contributed by atoms with van der Waals surface area (Å²) < 4.78 is 13.0. The van der Waals surface area contributed by atoms with Crippen molar-refractivity contribution in [3.63, 3.8) is 0 Å². The Kier molecular flexibility index (Phi) is 3.22. The molecule has 3 aromatic rings. The lowest BCUT2D eigenvalue weighted by Gasteiger charge is -2.03. The molecule has 7 nitrogen and oxygen atoms in total. The Hall–Kier alpha value is -3.34. The number of nitriles is 1. The van der Waals surface area contributed by atoms with Crippen LogP contribution in [0.15, 0.2) is 36.7 Å². The summed E-state index contributed by atoms with van der Waals surface area (Å²) in [5.74, 6) is -0.182. The molecule has 0 unspecified atom stereocenters. The van der Waals surface area contributed by atoms with E-state index >= 15 is 0 Å². The van der Waals surface area contributed by atoms with Gasteiger partial charge in [0.25, 0.3) is 0 Å². The van der Waals surface area contributed by atoms with Crippen LogP contribution in [0.2, 0.25) is 0 Å². The molecule has 2 N–H and O–H groups in total. The molecule has 0 aliphatic heterocycles. The van der Waals surface area contributed by atoms with E-state index in [4.69, 9.17) is 5.26 Å². The number of aromatic amines is 1. The van der Waals surface area contributed by atoms with Gasteiger partial charge in [-0.25, -0.2) is 4.39 Å². The number of anilines is 1. The lowest BCUT2D eigenvalue weighted by atomic mass is 10.2. The molecular formula is C13H8FN7. The van der Waals surface area contributed by atoms with Gasteiger partial charge in [-0.15, -0.1) is 10.2 Å². The van der Waals surface area contributed by atoms with E-state index in [1.165, 1.54) is 12.3 Å². The second kappa shape index (κ2) is 5.34. The van der Waals surface area contributed by atoms with Crippen molar-refractivity contribution in [1.82, 2.24) is 25.6 Å². The van der Waals surface area contributed by atoms with E-state index in [1.54, 1.807) is 18.2 Å². The van der Waals surface area contributed by atoms with Gasteiger partial charge >= 0.3 is 0 Å². The monoisotopic (exact) mass is 281 g/mol. The molecule has 21 heavy (non-hydrogen) atoms. The number of nitrogens with zero attached hydrogens (tertiary/aromatic N) is 5. The van der Waals surface area contributed by atoms with Crippen molar-refractivity contribution in [2.75, 3.05) is 5.32 Å². The van der Waals surface area contributed by atoms with E-state index in [1.807, 2.05) is 6.07 Å². The number of allylic oxidation sites excluding steroid dienone is 1. The average molecular weight is 281 g/mol. The highest BCUT2D eigenvalue weighted by atomic mass is 19.1. The first-order valence-electron chi connectivity index (χ1n) is 5.92. The summed E-state index contributed by atoms with van der Waals surface area (Å²) in [6.07, 6.45) is 2.62. The molecule has 0 atom stereocenters. The minimum absolute atomic E-state index is 0.200. The first-order chi connectivity index (χ1) is 10.3. The van der Waals surface area contributed by atoms with Crippen LogP contribution in [-0.2, 0) is 0 Å². The van der Waals surface area contributed by atoms with E-state index in [0.29, 0.717) is 16.6 Å². The van der Waals surface area contributed by atoms with Crippen molar-refractivity contribution in [2.45, 2.75) is 0 Å². The topological polar surface area (TPSA) is 103 Å². The van der Waals surface area contributed by atoms with Gasteiger partial charge in [0.2, 0.25) is 5.82 Å². The second-order valence-electron chi connectivity index (χ2n) is 4.11. The first kappa shape index (κ1) is 12.7. The molecule has 0 bridgehead atoms. The molecule has 0 saturated heterocycles. The van der Waals surface area contributed by atoms with E-state index in [9.17, 15) is 4.39 Å². The summed E-state index contributed by atoms with van der Waals surface area (Å²) in [6.45, 7) is 0. The average Bonchev–Trinajstić information content (AvgIpc) is 3.02. The van der Waals surface area contributed by atoms with Gasteiger partial charge in [-0.2, -0.15) is 10.5 Å². The quantitative estimate of drug-likeness (QED) is 0.710. The van der Waals surface area contributed by atoms with Crippen LogP contribution in [-0.4, -0.2) is 25.6 Å². The summed E-state index contributed by atoms with van der Waals surface area (Å²) >= 11 is 0. The van der Waals surface area contributed by atoms with Crippen molar-refractivity contribution in [1.29, 1.82) is 5.26 Å². The number of fused-ring (bicyclic) bond motifs is 1. The van der Waals surface area contributed by atoms with Crippen molar-refractivity contribution in [3.8, 4) is 6.07 Å². The van der Waals surface area contributed by atoms with Crippen molar-refractivity contribution < 1.29 is 4.39 Å². The Morgan fingerprint density at radius 3 is 3.05 bits per heavy atom.